The van der Waals surface area contributed by atoms with E-state index >= 15 is 0 Å². The van der Waals surface area contributed by atoms with Crippen molar-refractivity contribution in [3.05, 3.63) is 28.9 Å². The topological polar surface area (TPSA) is 92.5 Å². The third kappa shape index (κ3) is 2.33. The van der Waals surface area contributed by atoms with Crippen LogP contribution in [0.1, 0.15) is 9.67 Å². The standard InChI is InChI=1S/C13H10FN3O3S/c14-6-1-2-8-7(3-6)11(15)12(21-8)13(20)17-4-9(18)16-10(19)5-17/h1-3H,4-5,15H2,(H,16,18,19). The number of fused-ring (bicyclic) bond motifs is 1. The van der Waals surface area contributed by atoms with Crippen LogP contribution in [0.4, 0.5) is 10.1 Å². The Bertz CT molecular complexity index is 770. The second kappa shape index (κ2) is 4.81. The number of amides is 3. The number of nitrogens with one attached hydrogen (secondary N) is 1. The number of nitrogens with zero attached hydrogens (tertiary/aromatic N) is 1. The molecule has 8 heteroatoms. The van der Waals surface area contributed by atoms with E-state index in [0.29, 0.717) is 10.1 Å². The largest absolute Gasteiger partial charge is 0.397 e. The van der Waals surface area contributed by atoms with Gasteiger partial charge in [0, 0.05) is 10.1 Å². The normalized spacial score (nSPS) is 15.4. The first kappa shape index (κ1) is 13.5. The first-order valence-electron chi connectivity index (χ1n) is 6.05. The van der Waals surface area contributed by atoms with Crippen molar-refractivity contribution in [1.29, 1.82) is 0 Å². The van der Waals surface area contributed by atoms with Crippen molar-refractivity contribution in [3.63, 3.8) is 0 Å². The van der Waals surface area contributed by atoms with E-state index in [2.05, 4.69) is 5.32 Å². The third-order valence-electron chi connectivity index (χ3n) is 3.12. The molecule has 0 atom stereocenters. The SMILES string of the molecule is Nc1c(C(=O)N2CC(=O)NC(=O)C2)sc2ccc(F)cc12. The van der Waals surface area contributed by atoms with Gasteiger partial charge in [-0.25, -0.2) is 4.39 Å². The molecule has 3 N–H and O–H groups in total. The highest BCUT2D eigenvalue weighted by Crippen LogP contribution is 2.34. The van der Waals surface area contributed by atoms with Crippen LogP contribution in [0.25, 0.3) is 10.1 Å². The molecule has 21 heavy (non-hydrogen) atoms. The lowest BCUT2D eigenvalue weighted by molar-refractivity contribution is -0.135. The first-order valence-corrected chi connectivity index (χ1v) is 6.87. The van der Waals surface area contributed by atoms with E-state index in [0.717, 1.165) is 16.2 Å². The van der Waals surface area contributed by atoms with Crippen molar-refractivity contribution in [2.75, 3.05) is 18.8 Å². The average Bonchev–Trinajstić information content (AvgIpc) is 2.74. The number of halogens is 1. The van der Waals surface area contributed by atoms with Gasteiger partial charge >= 0.3 is 0 Å². The van der Waals surface area contributed by atoms with Gasteiger partial charge in [0.1, 0.15) is 23.8 Å². The lowest BCUT2D eigenvalue weighted by Crippen LogP contribution is -2.53. The van der Waals surface area contributed by atoms with Crippen LogP contribution in [-0.4, -0.2) is 35.7 Å². The predicted octanol–water partition coefficient (Wildman–Crippen LogP) is 0.721. The maximum Gasteiger partial charge on any atom is 0.267 e. The number of imide groups is 1. The van der Waals surface area contributed by atoms with Crippen LogP contribution in [0, 0.1) is 5.82 Å². The van der Waals surface area contributed by atoms with Gasteiger partial charge in [-0.3, -0.25) is 19.7 Å². The average molecular weight is 307 g/mol. The fraction of sp³-hybridized carbons (Fsp3) is 0.154. The van der Waals surface area contributed by atoms with Gasteiger partial charge in [-0.2, -0.15) is 0 Å². The van der Waals surface area contributed by atoms with Crippen molar-refractivity contribution in [2.45, 2.75) is 0 Å². The van der Waals surface area contributed by atoms with Gasteiger partial charge in [-0.1, -0.05) is 0 Å². The third-order valence-corrected chi connectivity index (χ3v) is 4.29. The number of thiophene rings is 1. The highest BCUT2D eigenvalue weighted by molar-refractivity contribution is 7.21. The Morgan fingerprint density at radius 2 is 1.95 bits per heavy atom. The number of nitrogens with two attached hydrogens (primary N) is 1. The second-order valence-corrected chi connectivity index (χ2v) is 5.67. The van der Waals surface area contributed by atoms with Crippen LogP contribution in [0.2, 0.25) is 0 Å². The molecule has 0 aliphatic carbocycles. The summed E-state index contributed by atoms with van der Waals surface area (Å²) in [6.45, 7) is -0.404. The van der Waals surface area contributed by atoms with Crippen LogP contribution in [0.15, 0.2) is 18.2 Å². The van der Waals surface area contributed by atoms with E-state index < -0.39 is 23.5 Å². The van der Waals surface area contributed by atoms with Crippen molar-refractivity contribution in [1.82, 2.24) is 10.2 Å². The number of nitrogen functional groups attached to an aromatic ring is 1. The molecule has 108 valence electrons. The van der Waals surface area contributed by atoms with E-state index in [1.807, 2.05) is 0 Å². The molecule has 1 aromatic heterocycles. The Labute approximate surface area is 122 Å². The maximum atomic E-state index is 13.2. The zero-order valence-corrected chi connectivity index (χ0v) is 11.5. The quantitative estimate of drug-likeness (QED) is 0.759. The van der Waals surface area contributed by atoms with Gasteiger partial charge in [-0.05, 0) is 18.2 Å². The minimum absolute atomic E-state index is 0.165. The minimum atomic E-state index is -0.537. The summed E-state index contributed by atoms with van der Waals surface area (Å²) in [6, 6.07) is 4.08. The van der Waals surface area contributed by atoms with Gasteiger partial charge in [0.05, 0.1) is 5.69 Å². The Kier molecular flexibility index (Phi) is 3.09. The zero-order chi connectivity index (χ0) is 15.1. The summed E-state index contributed by atoms with van der Waals surface area (Å²) in [6.07, 6.45) is 0. The number of carbonyl (C=O) groups excluding carboxylic acids is 3. The van der Waals surface area contributed by atoms with Crippen LogP contribution in [0.5, 0.6) is 0 Å². The molecule has 0 spiro atoms. The van der Waals surface area contributed by atoms with Gasteiger partial charge in [-0.15, -0.1) is 11.3 Å². The van der Waals surface area contributed by atoms with E-state index in [1.165, 1.54) is 18.2 Å². The number of hydrogen-bond acceptors (Lipinski definition) is 5. The number of anilines is 1. The molecule has 6 nitrogen and oxygen atoms in total. The van der Waals surface area contributed by atoms with Gasteiger partial charge in [0.2, 0.25) is 11.8 Å². The molecule has 3 amide bonds. The fourth-order valence-corrected chi connectivity index (χ4v) is 3.24. The van der Waals surface area contributed by atoms with E-state index in [4.69, 9.17) is 5.73 Å². The number of piperazine rings is 1. The van der Waals surface area contributed by atoms with Crippen molar-refractivity contribution < 1.29 is 18.8 Å². The summed E-state index contributed by atoms with van der Waals surface area (Å²) in [5.41, 5.74) is 6.06. The van der Waals surface area contributed by atoms with Crippen LogP contribution < -0.4 is 11.1 Å². The molecule has 1 aliphatic heterocycles. The molecule has 1 saturated heterocycles. The minimum Gasteiger partial charge on any atom is -0.397 e. The number of carbonyl (C=O) groups is 3. The smallest absolute Gasteiger partial charge is 0.267 e. The molecule has 0 unspecified atom stereocenters. The Hall–Kier alpha value is -2.48. The number of benzene rings is 1. The Morgan fingerprint density at radius 3 is 2.62 bits per heavy atom. The highest BCUT2D eigenvalue weighted by Gasteiger charge is 2.29. The Balaban J connectivity index is 2.00. The van der Waals surface area contributed by atoms with Crippen molar-refractivity contribution in [3.8, 4) is 0 Å². The van der Waals surface area contributed by atoms with E-state index in [1.54, 1.807) is 0 Å². The van der Waals surface area contributed by atoms with Crippen molar-refractivity contribution in [2.24, 2.45) is 0 Å². The summed E-state index contributed by atoms with van der Waals surface area (Å²) in [5, 5.41) is 2.57. The molecule has 2 heterocycles. The number of rotatable bonds is 1. The molecule has 1 fully saturated rings. The monoisotopic (exact) mass is 307 g/mol. The molecule has 0 bridgehead atoms. The van der Waals surface area contributed by atoms with Gasteiger partial charge < -0.3 is 10.6 Å². The van der Waals surface area contributed by atoms with Crippen LogP contribution in [-0.2, 0) is 9.59 Å². The summed E-state index contributed by atoms with van der Waals surface area (Å²) < 4.78 is 13.9. The number of hydrogen-bond donors (Lipinski definition) is 2. The molecule has 1 aliphatic rings. The van der Waals surface area contributed by atoms with E-state index in [9.17, 15) is 18.8 Å². The van der Waals surface area contributed by atoms with Gasteiger partial charge in [0.25, 0.3) is 5.91 Å². The maximum absolute atomic E-state index is 13.2. The fourth-order valence-electron chi connectivity index (χ4n) is 2.17. The molecule has 3 rings (SSSR count). The molecule has 1 aromatic carbocycles. The van der Waals surface area contributed by atoms with E-state index in [-0.39, 0.29) is 23.7 Å². The molecule has 0 saturated carbocycles. The van der Waals surface area contributed by atoms with Crippen LogP contribution >= 0.6 is 11.3 Å². The molecule has 2 aromatic rings. The lowest BCUT2D eigenvalue weighted by atomic mass is 10.2. The van der Waals surface area contributed by atoms with Crippen LogP contribution in [0.3, 0.4) is 0 Å². The molecule has 0 radical (unpaired) electrons. The summed E-state index contributed by atoms with van der Waals surface area (Å²) >= 11 is 1.11. The predicted molar refractivity (Wildman–Crippen MR) is 75.2 cm³/mol. The summed E-state index contributed by atoms with van der Waals surface area (Å²) in [4.78, 5) is 36.4. The highest BCUT2D eigenvalue weighted by atomic mass is 32.1. The second-order valence-electron chi connectivity index (χ2n) is 4.62. The summed E-state index contributed by atoms with van der Waals surface area (Å²) in [7, 11) is 0. The Morgan fingerprint density at radius 1 is 1.29 bits per heavy atom. The zero-order valence-electron chi connectivity index (χ0n) is 10.7. The molecular formula is C13H10FN3O3S. The molecular weight excluding hydrogens is 297 g/mol. The lowest BCUT2D eigenvalue weighted by Gasteiger charge is -2.25. The summed E-state index contributed by atoms with van der Waals surface area (Å²) in [5.74, 6) is -2.02. The van der Waals surface area contributed by atoms with Crippen molar-refractivity contribution >= 4 is 44.8 Å². The first-order chi connectivity index (χ1) is 9.95. The van der Waals surface area contributed by atoms with Gasteiger partial charge in [0.15, 0.2) is 0 Å².